The molecule has 0 fully saturated rings. The van der Waals surface area contributed by atoms with Gasteiger partial charge in [-0.3, -0.25) is 4.79 Å². The fourth-order valence-electron chi connectivity index (χ4n) is 10.6. The van der Waals surface area contributed by atoms with Crippen molar-refractivity contribution in [1.82, 2.24) is 19.9 Å². The topological polar surface area (TPSA) is 196 Å². The van der Waals surface area contributed by atoms with Crippen molar-refractivity contribution >= 4 is 70.8 Å². The minimum Gasteiger partial charge on any atom is -0.478 e. The van der Waals surface area contributed by atoms with Crippen LogP contribution in [0.2, 0.25) is 0 Å². The molecule has 0 amide bonds. The average Bonchev–Trinajstić information content (AvgIpc) is 1.89. The van der Waals surface area contributed by atoms with Crippen LogP contribution in [0.1, 0.15) is 98.4 Å². The number of hydrogen-bond donors (Lipinski definition) is 5. The number of rotatable bonds is 9. The van der Waals surface area contributed by atoms with Gasteiger partial charge < -0.3 is 30.0 Å². The molecule has 5 N–H and O–H groups in total. The Bertz CT molecular complexity index is 5190. The molecule has 2 aliphatic heterocycles. The molecule has 11 aromatic rings. The van der Waals surface area contributed by atoms with Crippen LogP contribution >= 0.6 is 0 Å². The lowest BCUT2D eigenvalue weighted by molar-refractivity contribution is -0.120. The van der Waals surface area contributed by atoms with Crippen molar-refractivity contribution < 1.29 is 39.2 Å². The SMILES string of the molecule is O=COc1ccc(C#Cc2ccc(-c3c4nc(c(-c5ccc(C#Cc6ccc(C(=O)O)cc6)cc5)c5ccc([nH]5)c(-c5ccc(C#Cc6ccc(C(=O)O)cc6)cc5)c5nc(c(-c6ccc(C#Cc7ccc(C(=O)O)cc7)cc6)c6ccc3[nH]6)C=C5)C=C4)cc2)cc1. The summed E-state index contributed by atoms with van der Waals surface area (Å²) in [5.74, 6) is 23.1. The highest BCUT2D eigenvalue weighted by Gasteiger charge is 2.20. The summed E-state index contributed by atoms with van der Waals surface area (Å²) in [6, 6.07) is 66.3. The standard InChI is InChI=1S/C80H46N4O8/c85-49-92-65-39-23-57(24-40-65)8-7-53-15-31-61(32-16-53)77-72-47-45-70(83-72)75(59-27-11-51(12-28-59)2-5-55-19-35-63(36-20-55)79(88)89)68-43-41-66(81-68)74(58-25-9-50(10-26-58)1-4-54-17-33-62(34-18-54)78(86)87)67-42-44-69(82-67)76(71-46-48-73(77)84-71)60-29-13-52(14-30-60)3-6-56-21-37-64(38-22-56)80(90)91/h9-49,81,84H,(H,86,87)(H,88,89)(H,90,91). The van der Waals surface area contributed by atoms with E-state index in [0.29, 0.717) is 51.7 Å². The molecule has 0 spiro atoms. The largest absolute Gasteiger partial charge is 0.478 e. The number of hydrogen-bond acceptors (Lipinski definition) is 7. The second-order valence-corrected chi connectivity index (χ2v) is 21.2. The summed E-state index contributed by atoms with van der Waals surface area (Å²) in [6.45, 7) is 0.387. The van der Waals surface area contributed by atoms with E-state index < -0.39 is 17.9 Å². The molecular weight excluding hydrogens is 1140 g/mol. The number of carboxylic acid groups (broad SMARTS) is 3. The number of fused-ring (bicyclic) bond motifs is 8. The normalized spacial score (nSPS) is 10.9. The number of H-pyrrole nitrogens is 2. The van der Waals surface area contributed by atoms with Gasteiger partial charge >= 0.3 is 17.9 Å². The zero-order chi connectivity index (χ0) is 63.1. The van der Waals surface area contributed by atoms with Crippen LogP contribution < -0.4 is 4.74 Å². The number of carbonyl (C=O) groups is 4. The van der Waals surface area contributed by atoms with Gasteiger partial charge in [0.05, 0.1) is 39.5 Å². The zero-order valence-electron chi connectivity index (χ0n) is 48.4. The van der Waals surface area contributed by atoms with Crippen molar-refractivity contribution in [2.75, 3.05) is 0 Å². The Labute approximate surface area is 527 Å². The Morgan fingerprint density at radius 2 is 0.511 bits per heavy atom. The van der Waals surface area contributed by atoms with Crippen LogP contribution in [0.15, 0.2) is 218 Å². The Hall–Kier alpha value is -13.5. The van der Waals surface area contributed by atoms with Crippen molar-refractivity contribution in [3.63, 3.8) is 0 Å². The first-order valence-corrected chi connectivity index (χ1v) is 28.8. The van der Waals surface area contributed by atoms with Crippen LogP contribution in [0.5, 0.6) is 5.75 Å². The highest BCUT2D eigenvalue weighted by molar-refractivity contribution is 6.00. The number of nitrogens with zero attached hydrogens (tertiary/aromatic N) is 2. The Balaban J connectivity index is 0.999. The van der Waals surface area contributed by atoms with Crippen LogP contribution in [0.4, 0.5) is 0 Å². The van der Waals surface area contributed by atoms with Crippen LogP contribution in [0.25, 0.3) is 90.9 Å². The lowest BCUT2D eigenvalue weighted by atomic mass is 10.0. The van der Waals surface area contributed by atoms with Gasteiger partial charge in [-0.25, -0.2) is 24.4 Å². The highest BCUT2D eigenvalue weighted by Crippen LogP contribution is 2.39. The van der Waals surface area contributed by atoms with Crippen LogP contribution in [0.3, 0.4) is 0 Å². The fourth-order valence-corrected chi connectivity index (χ4v) is 10.6. The number of nitrogens with one attached hydrogen (secondary N) is 2. The summed E-state index contributed by atoms with van der Waals surface area (Å²) in [5, 5.41) is 28.3. The molecule has 8 bridgehead atoms. The molecule has 2 aliphatic rings. The van der Waals surface area contributed by atoms with Gasteiger partial charge in [0.15, 0.2) is 0 Å². The highest BCUT2D eigenvalue weighted by atomic mass is 16.5. The van der Waals surface area contributed by atoms with Gasteiger partial charge in [0, 0.05) is 88.8 Å². The third-order valence-corrected chi connectivity index (χ3v) is 15.3. The third kappa shape index (κ3) is 12.7. The van der Waals surface area contributed by atoms with E-state index in [-0.39, 0.29) is 16.7 Å². The van der Waals surface area contributed by atoms with Crippen molar-refractivity contribution in [2.45, 2.75) is 0 Å². The monoisotopic (exact) mass is 1190 g/mol. The number of benzene rings is 8. The Morgan fingerprint density at radius 1 is 0.304 bits per heavy atom. The van der Waals surface area contributed by atoms with Crippen LogP contribution in [-0.2, 0) is 4.79 Å². The minimum atomic E-state index is -1.01. The smallest absolute Gasteiger partial charge is 0.335 e. The summed E-state index contributed by atoms with van der Waals surface area (Å²) in [6.07, 6.45) is 8.09. The predicted molar refractivity (Wildman–Crippen MR) is 358 cm³/mol. The zero-order valence-corrected chi connectivity index (χ0v) is 48.4. The molecule has 92 heavy (non-hydrogen) atoms. The minimum absolute atomic E-state index is 0.182. The molecule has 0 saturated carbocycles. The van der Waals surface area contributed by atoms with Gasteiger partial charge in [0.2, 0.25) is 0 Å². The van der Waals surface area contributed by atoms with E-state index in [1.165, 1.54) is 36.4 Å². The maximum Gasteiger partial charge on any atom is 0.335 e. The first-order chi connectivity index (χ1) is 44.9. The number of carboxylic acids is 3. The first-order valence-electron chi connectivity index (χ1n) is 28.8. The van der Waals surface area contributed by atoms with Crippen molar-refractivity contribution in [1.29, 1.82) is 0 Å². The van der Waals surface area contributed by atoms with E-state index in [1.807, 2.05) is 133 Å². The molecule has 12 heteroatoms. The molecule has 434 valence electrons. The molecule has 3 aromatic heterocycles. The number of aromatic nitrogens is 4. The molecule has 0 saturated heterocycles. The van der Waals surface area contributed by atoms with Gasteiger partial charge in [-0.1, -0.05) is 95.9 Å². The second kappa shape index (κ2) is 25.4. The molecule has 0 radical (unpaired) electrons. The van der Waals surface area contributed by atoms with Gasteiger partial charge in [-0.05, 0) is 216 Å². The molecule has 0 aliphatic carbocycles. The average molecular weight is 1190 g/mol. The molecule has 5 heterocycles. The van der Waals surface area contributed by atoms with Crippen molar-refractivity contribution in [2.24, 2.45) is 0 Å². The molecule has 12 nitrogen and oxygen atoms in total. The molecule has 0 atom stereocenters. The van der Waals surface area contributed by atoms with Gasteiger partial charge in [0.25, 0.3) is 6.47 Å². The van der Waals surface area contributed by atoms with Crippen LogP contribution in [0, 0.1) is 47.4 Å². The third-order valence-electron chi connectivity index (χ3n) is 15.3. The maximum absolute atomic E-state index is 11.5. The number of ether oxygens (including phenoxy) is 1. The second-order valence-electron chi connectivity index (χ2n) is 21.2. The van der Waals surface area contributed by atoms with E-state index in [9.17, 15) is 34.5 Å². The van der Waals surface area contributed by atoms with Gasteiger partial charge in [-0.2, -0.15) is 0 Å². The lowest BCUT2D eigenvalue weighted by Crippen LogP contribution is -1.94. The number of aromatic carboxylic acids is 3. The van der Waals surface area contributed by atoms with E-state index in [4.69, 9.17) is 14.7 Å². The molecule has 0 unspecified atom stereocenters. The number of aromatic amines is 2. The summed E-state index contributed by atoms with van der Waals surface area (Å²) in [5.41, 5.74) is 19.0. The Morgan fingerprint density at radius 3 is 0.717 bits per heavy atom. The molecule has 13 rings (SSSR count). The van der Waals surface area contributed by atoms with E-state index in [1.54, 1.807) is 60.7 Å². The van der Waals surface area contributed by atoms with Gasteiger partial charge in [-0.15, -0.1) is 0 Å². The summed E-state index contributed by atoms with van der Waals surface area (Å²) in [4.78, 5) is 64.1. The van der Waals surface area contributed by atoms with Crippen LogP contribution in [-0.4, -0.2) is 59.6 Å². The van der Waals surface area contributed by atoms with Crippen molar-refractivity contribution in [3.05, 3.63) is 302 Å². The van der Waals surface area contributed by atoms with Gasteiger partial charge in [0.1, 0.15) is 5.75 Å². The number of carbonyl (C=O) groups excluding carboxylic acids is 1. The van der Waals surface area contributed by atoms with Crippen molar-refractivity contribution in [3.8, 4) is 97.6 Å². The quantitative estimate of drug-likeness (QED) is 0.0685. The molecule has 8 aromatic carbocycles. The lowest BCUT2D eigenvalue weighted by Gasteiger charge is -2.07. The van der Waals surface area contributed by atoms with E-state index in [0.717, 1.165) is 94.4 Å². The molecular formula is C80H46N4O8. The maximum atomic E-state index is 11.5. The fraction of sp³-hybridized carbons (Fsp3) is 0. The first kappa shape index (κ1) is 57.5. The summed E-state index contributed by atoms with van der Waals surface area (Å²) in [7, 11) is 0. The Kier molecular flexibility index (Phi) is 15.9. The van der Waals surface area contributed by atoms with E-state index in [2.05, 4.69) is 69.5 Å². The predicted octanol–water partition coefficient (Wildman–Crippen LogP) is 15.6. The summed E-state index contributed by atoms with van der Waals surface area (Å²) >= 11 is 0. The summed E-state index contributed by atoms with van der Waals surface area (Å²) < 4.78 is 4.97. The van der Waals surface area contributed by atoms with E-state index >= 15 is 0 Å².